The zero-order valence-electron chi connectivity index (χ0n) is 15.6. The number of rotatable bonds is 4. The van der Waals surface area contributed by atoms with Crippen molar-refractivity contribution >= 4 is 40.1 Å². The topological polar surface area (TPSA) is 45.3 Å². The fraction of sp³-hybridized carbons (Fsp3) is 0.174. The Labute approximate surface area is 169 Å². The van der Waals surface area contributed by atoms with E-state index in [9.17, 15) is 4.79 Å². The van der Waals surface area contributed by atoms with E-state index in [1.54, 1.807) is 13.2 Å². The van der Waals surface area contributed by atoms with E-state index in [1.807, 2.05) is 53.6 Å². The number of fused-ring (bicyclic) bond motifs is 1. The molecule has 0 saturated carbocycles. The molecule has 1 aromatic heterocycles. The molecule has 4 rings (SSSR count). The zero-order valence-corrected chi connectivity index (χ0v) is 16.4. The van der Waals surface area contributed by atoms with Gasteiger partial charge >= 0.3 is 0 Å². The van der Waals surface area contributed by atoms with Crippen molar-refractivity contribution in [3.05, 3.63) is 77.0 Å². The lowest BCUT2D eigenvalue weighted by molar-refractivity contribution is -0.125. The number of carbonyl (C=O) groups excluding carboxylic acids is 1. The summed E-state index contributed by atoms with van der Waals surface area (Å²) < 4.78 is 5.22. The highest BCUT2D eigenvalue weighted by atomic mass is 35.5. The highest BCUT2D eigenvalue weighted by Crippen LogP contribution is 2.32. The standard InChI is InChI=1S/C23H21ClN2O2/c1-28-18-5-2-4-16(14-18)8-9-22(27)26-12-10-17(11-13-26)20-15-25-23-19(20)6-3-7-21(23)24/h2-10,14-15,25H,11-13H2,1H3/b9-8+. The van der Waals surface area contributed by atoms with Gasteiger partial charge in [-0.05, 0) is 41.8 Å². The number of H-pyrrole nitrogens is 1. The van der Waals surface area contributed by atoms with E-state index < -0.39 is 0 Å². The van der Waals surface area contributed by atoms with Gasteiger partial charge in [-0.2, -0.15) is 0 Å². The van der Waals surface area contributed by atoms with Crippen molar-refractivity contribution in [2.24, 2.45) is 0 Å². The molecule has 0 radical (unpaired) electrons. The largest absolute Gasteiger partial charge is 0.497 e. The monoisotopic (exact) mass is 392 g/mol. The van der Waals surface area contributed by atoms with Crippen LogP contribution in [0.25, 0.3) is 22.6 Å². The summed E-state index contributed by atoms with van der Waals surface area (Å²) in [4.78, 5) is 17.6. The minimum Gasteiger partial charge on any atom is -0.497 e. The minimum atomic E-state index is 0.0140. The second kappa shape index (κ2) is 7.95. The minimum absolute atomic E-state index is 0.0140. The molecule has 0 saturated heterocycles. The van der Waals surface area contributed by atoms with Crippen LogP contribution in [0.1, 0.15) is 17.5 Å². The normalized spacial score (nSPS) is 14.5. The molecule has 0 atom stereocenters. The first kappa shape index (κ1) is 18.4. The second-order valence-electron chi connectivity index (χ2n) is 6.74. The molecule has 1 N–H and O–H groups in total. The van der Waals surface area contributed by atoms with Crippen LogP contribution in [0.5, 0.6) is 5.75 Å². The van der Waals surface area contributed by atoms with Crippen molar-refractivity contribution in [3.63, 3.8) is 0 Å². The van der Waals surface area contributed by atoms with E-state index in [0.717, 1.165) is 39.2 Å². The molecule has 28 heavy (non-hydrogen) atoms. The van der Waals surface area contributed by atoms with Gasteiger partial charge in [0.25, 0.3) is 0 Å². The Kier molecular flexibility index (Phi) is 5.22. The van der Waals surface area contributed by atoms with E-state index in [4.69, 9.17) is 16.3 Å². The molecule has 1 amide bonds. The van der Waals surface area contributed by atoms with Gasteiger partial charge in [0, 0.05) is 36.3 Å². The maximum Gasteiger partial charge on any atom is 0.246 e. The summed E-state index contributed by atoms with van der Waals surface area (Å²) >= 11 is 6.26. The Hall–Kier alpha value is -2.98. The molecular formula is C23H21ClN2O2. The lowest BCUT2D eigenvalue weighted by Gasteiger charge is -2.25. The van der Waals surface area contributed by atoms with Crippen LogP contribution in [-0.2, 0) is 4.79 Å². The van der Waals surface area contributed by atoms with E-state index in [0.29, 0.717) is 13.1 Å². The number of nitrogens with one attached hydrogen (secondary N) is 1. The van der Waals surface area contributed by atoms with Gasteiger partial charge in [-0.25, -0.2) is 0 Å². The molecule has 4 nitrogen and oxygen atoms in total. The molecule has 142 valence electrons. The molecule has 2 aromatic carbocycles. The van der Waals surface area contributed by atoms with Crippen LogP contribution in [0.15, 0.2) is 60.8 Å². The quantitative estimate of drug-likeness (QED) is 0.623. The average Bonchev–Trinajstić information content (AvgIpc) is 3.18. The van der Waals surface area contributed by atoms with Gasteiger partial charge in [-0.1, -0.05) is 41.9 Å². The SMILES string of the molecule is COc1cccc(/C=C/C(=O)N2CC=C(c3c[nH]c4c(Cl)cccc34)CC2)c1. The Bertz CT molecular complexity index is 1080. The molecule has 0 spiro atoms. The molecule has 0 fully saturated rings. The molecular weight excluding hydrogens is 372 g/mol. The number of benzene rings is 2. The van der Waals surface area contributed by atoms with Crippen molar-refractivity contribution in [2.75, 3.05) is 20.2 Å². The third kappa shape index (κ3) is 3.69. The summed E-state index contributed by atoms with van der Waals surface area (Å²) in [6, 6.07) is 13.6. The van der Waals surface area contributed by atoms with Crippen LogP contribution in [0.2, 0.25) is 5.02 Å². The number of nitrogens with zero attached hydrogens (tertiary/aromatic N) is 1. The Balaban J connectivity index is 1.46. The summed E-state index contributed by atoms with van der Waals surface area (Å²) in [5.74, 6) is 0.791. The number of hydrogen-bond acceptors (Lipinski definition) is 2. The number of aromatic nitrogens is 1. The van der Waals surface area contributed by atoms with Crippen LogP contribution in [0.4, 0.5) is 0 Å². The first-order valence-electron chi connectivity index (χ1n) is 9.22. The van der Waals surface area contributed by atoms with Crippen LogP contribution in [0.3, 0.4) is 0 Å². The number of amides is 1. The van der Waals surface area contributed by atoms with Gasteiger partial charge in [0.2, 0.25) is 5.91 Å². The highest BCUT2D eigenvalue weighted by Gasteiger charge is 2.18. The number of methoxy groups -OCH3 is 1. The predicted molar refractivity (Wildman–Crippen MR) is 115 cm³/mol. The van der Waals surface area contributed by atoms with Gasteiger partial charge in [-0.15, -0.1) is 0 Å². The summed E-state index contributed by atoms with van der Waals surface area (Å²) in [6.07, 6.45) is 8.40. The third-order valence-electron chi connectivity index (χ3n) is 5.04. The van der Waals surface area contributed by atoms with Crippen LogP contribution in [0, 0.1) is 0 Å². The Morgan fingerprint density at radius 2 is 2.11 bits per heavy atom. The number of carbonyl (C=O) groups is 1. The average molecular weight is 393 g/mol. The van der Waals surface area contributed by atoms with Gasteiger partial charge in [0.15, 0.2) is 0 Å². The Morgan fingerprint density at radius 3 is 2.89 bits per heavy atom. The maximum atomic E-state index is 12.5. The summed E-state index contributed by atoms with van der Waals surface area (Å²) in [5, 5.41) is 1.84. The van der Waals surface area contributed by atoms with Crippen molar-refractivity contribution < 1.29 is 9.53 Å². The molecule has 0 bridgehead atoms. The summed E-state index contributed by atoms with van der Waals surface area (Å²) in [7, 11) is 1.63. The van der Waals surface area contributed by atoms with Crippen LogP contribution >= 0.6 is 11.6 Å². The van der Waals surface area contributed by atoms with Gasteiger partial charge in [-0.3, -0.25) is 4.79 Å². The van der Waals surface area contributed by atoms with Crippen LogP contribution < -0.4 is 4.74 Å². The molecule has 0 unspecified atom stereocenters. The van der Waals surface area contributed by atoms with Crippen molar-refractivity contribution in [3.8, 4) is 5.75 Å². The third-order valence-corrected chi connectivity index (χ3v) is 5.36. The summed E-state index contributed by atoms with van der Waals surface area (Å²) in [5.41, 5.74) is 4.31. The fourth-order valence-corrected chi connectivity index (χ4v) is 3.74. The number of hydrogen-bond donors (Lipinski definition) is 1. The van der Waals surface area contributed by atoms with Gasteiger partial charge < -0.3 is 14.6 Å². The van der Waals surface area contributed by atoms with Gasteiger partial charge in [0.1, 0.15) is 5.75 Å². The van der Waals surface area contributed by atoms with Crippen molar-refractivity contribution in [2.45, 2.75) is 6.42 Å². The highest BCUT2D eigenvalue weighted by molar-refractivity contribution is 6.35. The van der Waals surface area contributed by atoms with E-state index in [1.165, 1.54) is 5.57 Å². The lowest BCUT2D eigenvalue weighted by Crippen LogP contribution is -2.33. The van der Waals surface area contributed by atoms with Crippen molar-refractivity contribution in [1.29, 1.82) is 0 Å². The van der Waals surface area contributed by atoms with E-state index in [-0.39, 0.29) is 5.91 Å². The molecule has 3 aromatic rings. The fourth-order valence-electron chi connectivity index (χ4n) is 3.52. The molecule has 1 aliphatic rings. The molecule has 2 heterocycles. The van der Waals surface area contributed by atoms with Crippen molar-refractivity contribution in [1.82, 2.24) is 9.88 Å². The second-order valence-corrected chi connectivity index (χ2v) is 7.15. The smallest absolute Gasteiger partial charge is 0.246 e. The van der Waals surface area contributed by atoms with E-state index >= 15 is 0 Å². The number of aromatic amines is 1. The first-order valence-corrected chi connectivity index (χ1v) is 9.59. The number of para-hydroxylation sites is 1. The molecule has 1 aliphatic heterocycles. The maximum absolute atomic E-state index is 12.5. The number of ether oxygens (including phenoxy) is 1. The molecule has 5 heteroatoms. The predicted octanol–water partition coefficient (Wildman–Crippen LogP) is 5.16. The Morgan fingerprint density at radius 1 is 1.25 bits per heavy atom. The summed E-state index contributed by atoms with van der Waals surface area (Å²) in [6.45, 7) is 1.30. The molecule has 0 aliphatic carbocycles. The number of halogens is 1. The lowest BCUT2D eigenvalue weighted by atomic mass is 9.99. The first-order chi connectivity index (χ1) is 13.7. The van der Waals surface area contributed by atoms with Gasteiger partial charge in [0.05, 0.1) is 17.6 Å². The zero-order chi connectivity index (χ0) is 19.5. The van der Waals surface area contributed by atoms with Crippen LogP contribution in [-0.4, -0.2) is 36.0 Å². The van der Waals surface area contributed by atoms with E-state index in [2.05, 4.69) is 17.1 Å².